The molecule has 1 aliphatic carbocycles. The van der Waals surface area contributed by atoms with Crippen LogP contribution in [0, 0.1) is 5.41 Å². The van der Waals surface area contributed by atoms with Gasteiger partial charge in [0.15, 0.2) is 5.96 Å². The average Bonchev–Trinajstić information content (AvgIpc) is 3.23. The molecule has 0 spiro atoms. The van der Waals surface area contributed by atoms with E-state index in [1.807, 2.05) is 19.2 Å². The van der Waals surface area contributed by atoms with E-state index in [1.165, 1.54) is 25.7 Å². The summed E-state index contributed by atoms with van der Waals surface area (Å²) in [6, 6.07) is 3.92. The van der Waals surface area contributed by atoms with Crippen molar-refractivity contribution in [2.24, 2.45) is 10.4 Å². The van der Waals surface area contributed by atoms with Gasteiger partial charge in [0.1, 0.15) is 5.76 Å². The summed E-state index contributed by atoms with van der Waals surface area (Å²) in [5, 5.41) is 6.88. The standard InChI is InChI=1S/C18H31N3O2.HI/c1-3-22-14-11-18(9-4-5-10-18)15-21-17(19-2)20-12-8-16-7-6-13-23-16;/h6-7,13H,3-5,8-12,14-15H2,1-2H3,(H2,19,20,21);1H. The van der Waals surface area contributed by atoms with Gasteiger partial charge in [0.05, 0.1) is 6.26 Å². The number of hydrogen-bond donors (Lipinski definition) is 2. The Balaban J connectivity index is 0.00000288. The maximum absolute atomic E-state index is 5.58. The van der Waals surface area contributed by atoms with Crippen LogP contribution < -0.4 is 10.6 Å². The molecule has 0 radical (unpaired) electrons. The van der Waals surface area contributed by atoms with E-state index >= 15 is 0 Å². The second kappa shape index (κ2) is 11.7. The molecule has 0 amide bonds. The summed E-state index contributed by atoms with van der Waals surface area (Å²) in [5.74, 6) is 1.87. The fraction of sp³-hybridized carbons (Fsp3) is 0.722. The highest BCUT2D eigenvalue weighted by atomic mass is 127. The number of halogens is 1. The van der Waals surface area contributed by atoms with E-state index in [9.17, 15) is 0 Å². The van der Waals surface area contributed by atoms with Gasteiger partial charge in [-0.25, -0.2) is 0 Å². The number of furan rings is 1. The van der Waals surface area contributed by atoms with Crippen LogP contribution in [0.2, 0.25) is 0 Å². The maximum Gasteiger partial charge on any atom is 0.191 e. The summed E-state index contributed by atoms with van der Waals surface area (Å²) >= 11 is 0. The summed E-state index contributed by atoms with van der Waals surface area (Å²) in [6.45, 7) is 5.52. The van der Waals surface area contributed by atoms with Gasteiger partial charge >= 0.3 is 0 Å². The van der Waals surface area contributed by atoms with Gasteiger partial charge in [0.25, 0.3) is 0 Å². The zero-order valence-electron chi connectivity index (χ0n) is 15.0. The first kappa shape index (κ1) is 21.3. The van der Waals surface area contributed by atoms with Gasteiger partial charge < -0.3 is 19.8 Å². The van der Waals surface area contributed by atoms with Crippen molar-refractivity contribution >= 4 is 29.9 Å². The second-order valence-electron chi connectivity index (χ2n) is 6.34. The Hall–Kier alpha value is -0.760. The first-order chi connectivity index (χ1) is 11.3. The van der Waals surface area contributed by atoms with Gasteiger partial charge in [0.2, 0.25) is 0 Å². The molecule has 1 aromatic rings. The van der Waals surface area contributed by atoms with E-state index in [-0.39, 0.29) is 24.0 Å². The SMILES string of the molecule is CCOCCC1(CNC(=NC)NCCc2ccco2)CCCC1.I. The summed E-state index contributed by atoms with van der Waals surface area (Å²) in [4.78, 5) is 4.33. The molecule has 1 fully saturated rings. The van der Waals surface area contributed by atoms with Gasteiger partial charge in [-0.1, -0.05) is 12.8 Å². The molecule has 0 bridgehead atoms. The largest absolute Gasteiger partial charge is 0.469 e. The van der Waals surface area contributed by atoms with Crippen molar-refractivity contribution in [2.45, 2.75) is 45.4 Å². The normalized spacial score (nSPS) is 16.7. The lowest BCUT2D eigenvalue weighted by atomic mass is 9.83. The summed E-state index contributed by atoms with van der Waals surface area (Å²) in [5.41, 5.74) is 0.369. The fourth-order valence-electron chi connectivity index (χ4n) is 3.32. The fourth-order valence-corrected chi connectivity index (χ4v) is 3.32. The molecule has 0 unspecified atom stereocenters. The summed E-state index contributed by atoms with van der Waals surface area (Å²) in [6.07, 6.45) is 8.95. The number of guanidine groups is 1. The Morgan fingerprint density at radius 2 is 2.12 bits per heavy atom. The number of nitrogens with one attached hydrogen (secondary N) is 2. The Bertz CT molecular complexity index is 457. The van der Waals surface area contributed by atoms with Gasteiger partial charge in [-0.2, -0.15) is 0 Å². The third-order valence-corrected chi connectivity index (χ3v) is 4.74. The highest BCUT2D eigenvalue weighted by Crippen LogP contribution is 2.40. The van der Waals surface area contributed by atoms with Crippen LogP contribution in [0.3, 0.4) is 0 Å². The average molecular weight is 449 g/mol. The minimum absolute atomic E-state index is 0. The molecule has 1 heterocycles. The second-order valence-corrected chi connectivity index (χ2v) is 6.34. The molecule has 0 aliphatic heterocycles. The lowest BCUT2D eigenvalue weighted by molar-refractivity contribution is 0.105. The molecule has 24 heavy (non-hydrogen) atoms. The van der Waals surface area contributed by atoms with Crippen LogP contribution in [0.25, 0.3) is 0 Å². The third-order valence-electron chi connectivity index (χ3n) is 4.74. The predicted molar refractivity (Wildman–Crippen MR) is 109 cm³/mol. The molecule has 1 aliphatic rings. The van der Waals surface area contributed by atoms with Crippen molar-refractivity contribution in [3.63, 3.8) is 0 Å². The van der Waals surface area contributed by atoms with Crippen LogP contribution >= 0.6 is 24.0 Å². The Labute approximate surface area is 163 Å². The molecule has 138 valence electrons. The molecule has 2 N–H and O–H groups in total. The summed E-state index contributed by atoms with van der Waals surface area (Å²) in [7, 11) is 1.82. The number of ether oxygens (including phenoxy) is 1. The number of rotatable bonds is 9. The van der Waals surface area contributed by atoms with E-state index in [0.29, 0.717) is 5.41 Å². The highest BCUT2D eigenvalue weighted by Gasteiger charge is 2.33. The summed E-state index contributed by atoms with van der Waals surface area (Å²) < 4.78 is 10.9. The zero-order chi connectivity index (χ0) is 16.4. The Morgan fingerprint density at radius 1 is 1.33 bits per heavy atom. The van der Waals surface area contributed by atoms with Crippen LogP contribution in [0.1, 0.15) is 44.8 Å². The Kier molecular flexibility index (Phi) is 10.4. The number of aliphatic imine (C=N–C) groups is 1. The first-order valence-electron chi connectivity index (χ1n) is 8.83. The van der Waals surface area contributed by atoms with Crippen LogP contribution in [-0.4, -0.2) is 39.3 Å². The highest BCUT2D eigenvalue weighted by molar-refractivity contribution is 14.0. The molecule has 1 saturated carbocycles. The lowest BCUT2D eigenvalue weighted by Gasteiger charge is -2.30. The monoisotopic (exact) mass is 449 g/mol. The predicted octanol–water partition coefficient (Wildman–Crippen LogP) is 3.59. The smallest absolute Gasteiger partial charge is 0.191 e. The van der Waals surface area contributed by atoms with E-state index in [1.54, 1.807) is 6.26 Å². The molecular weight excluding hydrogens is 417 g/mol. The van der Waals surface area contributed by atoms with Crippen molar-refractivity contribution in [3.05, 3.63) is 24.2 Å². The lowest BCUT2D eigenvalue weighted by Crippen LogP contribution is -2.43. The van der Waals surface area contributed by atoms with Gasteiger partial charge in [-0.05, 0) is 43.7 Å². The van der Waals surface area contributed by atoms with Crippen LogP contribution in [0.5, 0.6) is 0 Å². The van der Waals surface area contributed by atoms with Crippen molar-refractivity contribution in [3.8, 4) is 0 Å². The molecule has 1 aromatic heterocycles. The number of hydrogen-bond acceptors (Lipinski definition) is 3. The topological polar surface area (TPSA) is 58.8 Å². The van der Waals surface area contributed by atoms with Gasteiger partial charge in [-0.15, -0.1) is 24.0 Å². The maximum atomic E-state index is 5.58. The molecule has 6 heteroatoms. The van der Waals surface area contributed by atoms with E-state index in [2.05, 4.69) is 22.5 Å². The van der Waals surface area contributed by atoms with Gasteiger partial charge in [-0.3, -0.25) is 4.99 Å². The van der Waals surface area contributed by atoms with Crippen molar-refractivity contribution in [1.82, 2.24) is 10.6 Å². The molecule has 0 aromatic carbocycles. The van der Waals surface area contributed by atoms with Crippen molar-refractivity contribution < 1.29 is 9.15 Å². The van der Waals surface area contributed by atoms with Crippen molar-refractivity contribution in [1.29, 1.82) is 0 Å². The van der Waals surface area contributed by atoms with Gasteiger partial charge in [0, 0.05) is 39.8 Å². The quantitative estimate of drug-likeness (QED) is 0.262. The molecule has 5 nitrogen and oxygen atoms in total. The molecule has 0 atom stereocenters. The van der Waals surface area contributed by atoms with E-state index < -0.39 is 0 Å². The third kappa shape index (κ3) is 7.01. The van der Waals surface area contributed by atoms with E-state index in [4.69, 9.17) is 9.15 Å². The molecular formula is C18H32IN3O2. The van der Waals surface area contributed by atoms with Crippen molar-refractivity contribution in [2.75, 3.05) is 33.4 Å². The minimum atomic E-state index is 0. The van der Waals surface area contributed by atoms with E-state index in [0.717, 1.165) is 50.9 Å². The Morgan fingerprint density at radius 3 is 2.75 bits per heavy atom. The zero-order valence-corrected chi connectivity index (χ0v) is 17.3. The molecule has 2 rings (SSSR count). The van der Waals surface area contributed by atoms with Crippen LogP contribution in [0.15, 0.2) is 27.8 Å². The van der Waals surface area contributed by atoms with Crippen LogP contribution in [-0.2, 0) is 11.2 Å². The molecule has 0 saturated heterocycles. The van der Waals surface area contributed by atoms with Crippen LogP contribution in [0.4, 0.5) is 0 Å². The minimum Gasteiger partial charge on any atom is -0.469 e. The number of nitrogens with zero attached hydrogens (tertiary/aromatic N) is 1. The first-order valence-corrected chi connectivity index (χ1v) is 8.83.